The zero-order valence-corrected chi connectivity index (χ0v) is 16.8. The van der Waals surface area contributed by atoms with Crippen molar-refractivity contribution in [1.82, 2.24) is 0 Å². The number of hydrogen-bond acceptors (Lipinski definition) is 5. The van der Waals surface area contributed by atoms with Gasteiger partial charge in [0.25, 0.3) is 0 Å². The number of esters is 1. The van der Waals surface area contributed by atoms with E-state index in [1.165, 1.54) is 51.4 Å². The molecule has 0 aromatic rings. The van der Waals surface area contributed by atoms with E-state index in [1.807, 2.05) is 0 Å². The van der Waals surface area contributed by atoms with Crippen LogP contribution < -0.4 is 0 Å². The van der Waals surface area contributed by atoms with Crippen LogP contribution in [0.15, 0.2) is 12.7 Å². The highest BCUT2D eigenvalue weighted by Crippen LogP contribution is 2.19. The van der Waals surface area contributed by atoms with Crippen LogP contribution in [0.5, 0.6) is 0 Å². The molecule has 0 aliphatic rings. The smallest absolute Gasteiger partial charge is 0.436 e. The Balaban J connectivity index is 3.76. The van der Waals surface area contributed by atoms with Gasteiger partial charge in [0.15, 0.2) is 6.79 Å². The average molecular weight is 361 g/mol. The summed E-state index contributed by atoms with van der Waals surface area (Å²) < 4.78 is 21.4. The lowest BCUT2D eigenvalue weighted by molar-refractivity contribution is -0.146. The lowest BCUT2D eigenvalue weighted by atomic mass is 10.1. The molecule has 0 radical (unpaired) electrons. The minimum atomic E-state index is -2.72. The first-order valence-corrected chi connectivity index (χ1v) is 11.1. The zero-order valence-electron chi connectivity index (χ0n) is 15.8. The molecule has 0 N–H and O–H groups in total. The molecule has 0 amide bonds. The molecule has 0 saturated carbocycles. The molecule has 0 unspecified atom stereocenters. The van der Waals surface area contributed by atoms with E-state index < -0.39 is 14.8 Å². The van der Waals surface area contributed by atoms with Crippen molar-refractivity contribution in [2.45, 2.75) is 77.2 Å². The Hall–Kier alpha value is -0.693. The summed E-state index contributed by atoms with van der Waals surface area (Å²) in [5, 5.41) is 0. The lowest BCUT2D eigenvalue weighted by Gasteiger charge is -2.25. The highest BCUT2D eigenvalue weighted by molar-refractivity contribution is 6.60. The van der Waals surface area contributed by atoms with Gasteiger partial charge < -0.3 is 18.0 Å². The topological polar surface area (TPSA) is 54.0 Å². The molecule has 0 bridgehead atoms. The number of unbranched alkanes of at least 4 members (excludes halogenated alkanes) is 9. The second-order valence-electron chi connectivity index (χ2n) is 5.95. The van der Waals surface area contributed by atoms with Crippen molar-refractivity contribution in [2.24, 2.45) is 0 Å². The predicted molar refractivity (Wildman–Crippen MR) is 98.7 cm³/mol. The second kappa shape index (κ2) is 15.8. The highest BCUT2D eigenvalue weighted by Gasteiger charge is 2.38. The number of rotatable bonds is 17. The van der Waals surface area contributed by atoms with Gasteiger partial charge in [0.05, 0.1) is 0 Å². The number of carbonyl (C=O) groups excluding carboxylic acids is 1. The summed E-state index contributed by atoms with van der Waals surface area (Å²) in [6.45, 7) is 5.43. The first kappa shape index (κ1) is 23.3. The maximum Gasteiger partial charge on any atom is 0.502 e. The van der Waals surface area contributed by atoms with E-state index in [1.54, 1.807) is 14.2 Å². The summed E-state index contributed by atoms with van der Waals surface area (Å²) in [7, 11) is 0.444. The molecular weight excluding hydrogens is 324 g/mol. The van der Waals surface area contributed by atoms with Crippen molar-refractivity contribution in [2.75, 3.05) is 21.0 Å². The third-order valence-corrected chi connectivity index (χ3v) is 6.87. The Bertz CT molecular complexity index is 319. The van der Waals surface area contributed by atoms with Gasteiger partial charge in [-0.2, -0.15) is 0 Å². The van der Waals surface area contributed by atoms with E-state index in [0.717, 1.165) is 25.0 Å². The third-order valence-electron chi connectivity index (χ3n) is 4.11. The number of carbonyl (C=O) groups is 1. The molecule has 0 atom stereocenters. The highest BCUT2D eigenvalue weighted by atomic mass is 28.4. The Labute approximate surface area is 149 Å². The molecule has 0 aromatic heterocycles. The van der Waals surface area contributed by atoms with E-state index in [0.29, 0.717) is 0 Å². The van der Waals surface area contributed by atoms with Gasteiger partial charge in [0.2, 0.25) is 0 Å². The number of hydrogen-bond donors (Lipinski definition) is 0. The van der Waals surface area contributed by atoms with E-state index in [2.05, 4.69) is 13.5 Å². The van der Waals surface area contributed by atoms with Crippen molar-refractivity contribution in [3.63, 3.8) is 0 Å². The van der Waals surface area contributed by atoms with Crippen LogP contribution in [0.3, 0.4) is 0 Å². The Morgan fingerprint density at radius 1 is 0.917 bits per heavy atom. The van der Waals surface area contributed by atoms with Crippen molar-refractivity contribution >= 4 is 14.8 Å². The molecule has 0 aliphatic heterocycles. The van der Waals surface area contributed by atoms with Gasteiger partial charge in [-0.1, -0.05) is 71.3 Å². The van der Waals surface area contributed by atoms with Crippen LogP contribution in [0.1, 0.15) is 71.1 Å². The largest absolute Gasteiger partial charge is 0.502 e. The van der Waals surface area contributed by atoms with E-state index in [9.17, 15) is 4.79 Å². The standard InChI is InChI=1S/C18H36O5Si/c1-5-7-8-9-10-11-12-13-14-15-16-24(20-3,21-4)23-17-22-18(19)6-2/h6H,2,5,7-17H2,1,3-4H3. The van der Waals surface area contributed by atoms with E-state index in [4.69, 9.17) is 18.0 Å². The minimum absolute atomic E-state index is 0.156. The van der Waals surface area contributed by atoms with Gasteiger partial charge in [0, 0.05) is 26.3 Å². The van der Waals surface area contributed by atoms with Crippen LogP contribution in [0.4, 0.5) is 0 Å². The fourth-order valence-electron chi connectivity index (χ4n) is 2.54. The van der Waals surface area contributed by atoms with Crippen LogP contribution >= 0.6 is 0 Å². The van der Waals surface area contributed by atoms with Gasteiger partial charge >= 0.3 is 14.8 Å². The minimum Gasteiger partial charge on any atom is -0.436 e. The monoisotopic (exact) mass is 360 g/mol. The molecular formula is C18H36O5Si. The van der Waals surface area contributed by atoms with E-state index in [-0.39, 0.29) is 6.79 Å². The summed E-state index contributed by atoms with van der Waals surface area (Å²) in [5.74, 6) is -0.510. The molecule has 0 spiro atoms. The van der Waals surface area contributed by atoms with Crippen molar-refractivity contribution < 1.29 is 22.8 Å². The Morgan fingerprint density at radius 3 is 1.88 bits per heavy atom. The van der Waals surface area contributed by atoms with Crippen LogP contribution in [-0.4, -0.2) is 35.8 Å². The Kier molecular flexibility index (Phi) is 15.4. The molecule has 0 aromatic carbocycles. The van der Waals surface area contributed by atoms with Crippen LogP contribution in [-0.2, 0) is 22.8 Å². The first-order chi connectivity index (χ1) is 11.6. The molecule has 0 heterocycles. The maximum absolute atomic E-state index is 11.0. The molecule has 5 nitrogen and oxygen atoms in total. The van der Waals surface area contributed by atoms with Gasteiger partial charge in [0.1, 0.15) is 0 Å². The zero-order chi connectivity index (χ0) is 18.1. The fourth-order valence-corrected chi connectivity index (χ4v) is 4.42. The molecule has 142 valence electrons. The van der Waals surface area contributed by atoms with Crippen LogP contribution in [0.25, 0.3) is 0 Å². The lowest BCUT2D eigenvalue weighted by Crippen LogP contribution is -2.44. The molecule has 0 rings (SSSR count). The predicted octanol–water partition coefficient (Wildman–Crippen LogP) is 4.84. The third kappa shape index (κ3) is 11.8. The van der Waals surface area contributed by atoms with Crippen LogP contribution in [0, 0.1) is 0 Å². The maximum atomic E-state index is 11.0. The van der Waals surface area contributed by atoms with Crippen LogP contribution in [0.2, 0.25) is 6.04 Å². The quantitative estimate of drug-likeness (QED) is 0.122. The van der Waals surface area contributed by atoms with Gasteiger partial charge in [-0.3, -0.25) is 0 Å². The summed E-state index contributed by atoms with van der Waals surface area (Å²) in [4.78, 5) is 11.0. The van der Waals surface area contributed by atoms with Gasteiger partial charge in [-0.05, 0) is 6.42 Å². The SMILES string of the molecule is C=CC(=O)OCO[Si](CCCCCCCCCCCC)(OC)OC. The van der Waals surface area contributed by atoms with Gasteiger partial charge in [-0.15, -0.1) is 0 Å². The molecule has 6 heteroatoms. The van der Waals surface area contributed by atoms with E-state index >= 15 is 0 Å². The summed E-state index contributed by atoms with van der Waals surface area (Å²) in [6.07, 6.45) is 13.9. The summed E-state index contributed by atoms with van der Waals surface area (Å²) in [6, 6.07) is 0.738. The first-order valence-electron chi connectivity index (χ1n) is 9.17. The van der Waals surface area contributed by atoms with Crippen molar-refractivity contribution in [1.29, 1.82) is 0 Å². The average Bonchev–Trinajstić information content (AvgIpc) is 2.61. The fraction of sp³-hybridized carbons (Fsp3) is 0.833. The molecule has 0 fully saturated rings. The molecule has 24 heavy (non-hydrogen) atoms. The normalized spacial score (nSPS) is 11.5. The summed E-state index contributed by atoms with van der Waals surface area (Å²) in [5.41, 5.74) is 0. The van der Waals surface area contributed by atoms with Crippen molar-refractivity contribution in [3.05, 3.63) is 12.7 Å². The molecule has 0 aliphatic carbocycles. The molecule has 0 saturated heterocycles. The number of ether oxygens (including phenoxy) is 1. The van der Waals surface area contributed by atoms with Crippen molar-refractivity contribution in [3.8, 4) is 0 Å². The van der Waals surface area contributed by atoms with Gasteiger partial charge in [-0.25, -0.2) is 4.79 Å². The Morgan fingerprint density at radius 2 is 1.42 bits per heavy atom. The summed E-state index contributed by atoms with van der Waals surface area (Å²) >= 11 is 0. The second-order valence-corrected chi connectivity index (χ2v) is 8.92.